The predicted molar refractivity (Wildman–Crippen MR) is 103 cm³/mol. The van der Waals surface area contributed by atoms with Crippen molar-refractivity contribution in [2.45, 2.75) is 58.7 Å². The summed E-state index contributed by atoms with van der Waals surface area (Å²) in [6.07, 6.45) is -2.73. The summed E-state index contributed by atoms with van der Waals surface area (Å²) in [5.74, 6) is -0.799. The number of hydrogen-bond donors (Lipinski definition) is 0. The second kappa shape index (κ2) is 8.15. The fourth-order valence-electron chi connectivity index (χ4n) is 2.97. The first kappa shape index (κ1) is 22.3. The van der Waals surface area contributed by atoms with E-state index in [1.165, 1.54) is 0 Å². The summed E-state index contributed by atoms with van der Waals surface area (Å²) in [5, 5.41) is -0.0613. The van der Waals surface area contributed by atoms with Gasteiger partial charge in [0.25, 0.3) is 5.91 Å². The van der Waals surface area contributed by atoms with Crippen LogP contribution in [0.5, 0.6) is 0 Å². The summed E-state index contributed by atoms with van der Waals surface area (Å²) < 4.78 is 42.8. The van der Waals surface area contributed by atoms with Crippen LogP contribution < -0.4 is 5.49 Å². The van der Waals surface area contributed by atoms with Gasteiger partial charge >= 0.3 is 6.18 Å². The van der Waals surface area contributed by atoms with Crippen molar-refractivity contribution in [1.82, 2.24) is 9.36 Å². The van der Waals surface area contributed by atoms with Crippen LogP contribution in [0.4, 0.5) is 13.2 Å². The smallest absolute Gasteiger partial charge is 0.291 e. The molecule has 1 aromatic carbocycles. The molecule has 2 aromatic rings. The Hall–Kier alpha value is -2.02. The number of alkyl halides is 3. The highest BCUT2D eigenvalue weighted by Gasteiger charge is 2.31. The highest BCUT2D eigenvalue weighted by Crippen LogP contribution is 2.32. The highest BCUT2D eigenvalue weighted by molar-refractivity contribution is 6.33. The van der Waals surface area contributed by atoms with Crippen LogP contribution in [0.3, 0.4) is 0 Å². The lowest BCUT2D eigenvalue weighted by atomic mass is 9.92. The quantitative estimate of drug-likeness (QED) is 0.664. The van der Waals surface area contributed by atoms with Gasteiger partial charge in [0.1, 0.15) is 0 Å². The van der Waals surface area contributed by atoms with Crippen LogP contribution in [0.2, 0.25) is 5.02 Å². The van der Waals surface area contributed by atoms with Crippen LogP contribution in [0.25, 0.3) is 0 Å². The number of nitrogens with zero attached hydrogens (tertiary/aromatic N) is 3. The third kappa shape index (κ3) is 4.87. The van der Waals surface area contributed by atoms with Crippen LogP contribution in [-0.2, 0) is 25.2 Å². The molecule has 154 valence electrons. The molecule has 0 aliphatic carbocycles. The van der Waals surface area contributed by atoms with E-state index in [0.29, 0.717) is 12.0 Å². The van der Waals surface area contributed by atoms with E-state index in [1.54, 1.807) is 6.07 Å². The van der Waals surface area contributed by atoms with Crippen molar-refractivity contribution in [1.29, 1.82) is 0 Å². The first-order valence-electron chi connectivity index (χ1n) is 9.09. The van der Waals surface area contributed by atoms with Crippen LogP contribution in [-0.4, -0.2) is 15.3 Å². The fraction of sp³-hybridized carbons (Fsp3) is 0.500. The third-order valence-electron chi connectivity index (χ3n) is 4.47. The normalized spacial score (nSPS) is 13.2. The standard InChI is InChI=1S/C20H25ClF3N3O/c1-6-7-10-27-17(12-16(26(27)5)19(2,3)4)25-18(28)14-11-13(20(22,23)24)8-9-15(14)21/h8-9,11-12H,6-7,10H2,1-5H3. The molecule has 2 rings (SSSR count). The van der Waals surface area contributed by atoms with Gasteiger partial charge in [-0.15, -0.1) is 0 Å². The topological polar surface area (TPSA) is 39.3 Å². The zero-order chi connectivity index (χ0) is 21.3. The number of halogens is 4. The molecule has 0 N–H and O–H groups in total. The minimum Gasteiger partial charge on any atom is -0.291 e. The monoisotopic (exact) mass is 415 g/mol. The van der Waals surface area contributed by atoms with Gasteiger partial charge in [-0.25, -0.2) is 0 Å². The summed E-state index contributed by atoms with van der Waals surface area (Å²) in [4.78, 5) is 16.8. The molecule has 0 atom stereocenters. The predicted octanol–water partition coefficient (Wildman–Crippen LogP) is 5.34. The number of rotatable bonds is 4. The van der Waals surface area contributed by atoms with E-state index in [1.807, 2.05) is 37.2 Å². The van der Waals surface area contributed by atoms with Gasteiger partial charge in [-0.2, -0.15) is 18.2 Å². The lowest BCUT2D eigenvalue weighted by Crippen LogP contribution is -2.25. The zero-order valence-electron chi connectivity index (χ0n) is 16.7. The Morgan fingerprint density at radius 1 is 1.18 bits per heavy atom. The van der Waals surface area contributed by atoms with Gasteiger partial charge in [0.15, 0.2) is 5.49 Å². The van der Waals surface area contributed by atoms with Crippen LogP contribution in [0, 0.1) is 0 Å². The fourth-order valence-corrected chi connectivity index (χ4v) is 3.17. The molecule has 0 aliphatic heterocycles. The number of amides is 1. The van der Waals surface area contributed by atoms with E-state index >= 15 is 0 Å². The van der Waals surface area contributed by atoms with Gasteiger partial charge in [0, 0.05) is 30.8 Å². The molecule has 0 bridgehead atoms. The van der Waals surface area contributed by atoms with Gasteiger partial charge in [-0.1, -0.05) is 45.7 Å². The van der Waals surface area contributed by atoms with Gasteiger partial charge in [-0.3, -0.25) is 14.2 Å². The van der Waals surface area contributed by atoms with E-state index in [4.69, 9.17) is 11.6 Å². The summed E-state index contributed by atoms with van der Waals surface area (Å²) >= 11 is 5.98. The van der Waals surface area contributed by atoms with Crippen LogP contribution in [0.15, 0.2) is 29.3 Å². The van der Waals surface area contributed by atoms with Crippen LogP contribution in [0.1, 0.15) is 62.2 Å². The zero-order valence-corrected chi connectivity index (χ0v) is 17.4. The van der Waals surface area contributed by atoms with Gasteiger partial charge < -0.3 is 0 Å². The lowest BCUT2D eigenvalue weighted by molar-refractivity contribution is -0.137. The summed E-state index contributed by atoms with van der Waals surface area (Å²) in [6, 6.07) is 4.47. The molecule has 0 unspecified atom stereocenters. The molecule has 1 aromatic heterocycles. The first-order chi connectivity index (χ1) is 12.9. The number of carbonyl (C=O) groups excluding carboxylic acids is 1. The van der Waals surface area contributed by atoms with E-state index in [-0.39, 0.29) is 16.0 Å². The van der Waals surface area contributed by atoms with E-state index < -0.39 is 17.6 Å². The summed E-state index contributed by atoms with van der Waals surface area (Å²) in [6.45, 7) is 8.83. The Morgan fingerprint density at radius 3 is 2.36 bits per heavy atom. The van der Waals surface area contributed by atoms with Crippen molar-refractivity contribution in [3.05, 3.63) is 51.6 Å². The molecule has 0 spiro atoms. The number of hydrogen-bond acceptors (Lipinski definition) is 1. The van der Waals surface area contributed by atoms with Crippen molar-refractivity contribution in [3.8, 4) is 0 Å². The molecule has 1 amide bonds. The third-order valence-corrected chi connectivity index (χ3v) is 4.80. The molecule has 0 radical (unpaired) electrons. The van der Waals surface area contributed by atoms with Gasteiger partial charge in [0.05, 0.1) is 16.1 Å². The average molecular weight is 416 g/mol. The molecule has 4 nitrogen and oxygen atoms in total. The Bertz CT molecular complexity index is 934. The molecular weight excluding hydrogens is 391 g/mol. The molecule has 1 heterocycles. The van der Waals surface area contributed by atoms with E-state index in [0.717, 1.165) is 36.7 Å². The van der Waals surface area contributed by atoms with Crippen molar-refractivity contribution >= 4 is 17.5 Å². The maximum Gasteiger partial charge on any atom is 0.416 e. The van der Waals surface area contributed by atoms with Crippen molar-refractivity contribution in [2.75, 3.05) is 0 Å². The average Bonchev–Trinajstić information content (AvgIpc) is 2.88. The Labute approximate surface area is 167 Å². The second-order valence-corrected chi connectivity index (χ2v) is 8.15. The maximum atomic E-state index is 13.0. The maximum absolute atomic E-state index is 13.0. The lowest BCUT2D eigenvalue weighted by Gasteiger charge is -2.20. The van der Waals surface area contributed by atoms with Crippen molar-refractivity contribution in [3.63, 3.8) is 0 Å². The van der Waals surface area contributed by atoms with Gasteiger partial charge in [0.2, 0.25) is 0 Å². The highest BCUT2D eigenvalue weighted by atomic mass is 35.5. The molecule has 28 heavy (non-hydrogen) atoms. The van der Waals surface area contributed by atoms with Crippen molar-refractivity contribution < 1.29 is 18.0 Å². The number of aromatic nitrogens is 2. The summed E-state index contributed by atoms with van der Waals surface area (Å²) in [5.41, 5.74) is -0.0185. The SMILES string of the molecule is CCCCn1c(=NC(=O)c2cc(C(F)(F)F)ccc2Cl)cc(C(C)(C)C)n1C. The van der Waals surface area contributed by atoms with E-state index in [9.17, 15) is 18.0 Å². The Morgan fingerprint density at radius 2 is 1.82 bits per heavy atom. The minimum atomic E-state index is -4.56. The number of carbonyl (C=O) groups is 1. The van der Waals surface area contributed by atoms with E-state index in [2.05, 4.69) is 11.9 Å². The second-order valence-electron chi connectivity index (χ2n) is 7.75. The van der Waals surface area contributed by atoms with Crippen LogP contribution >= 0.6 is 11.6 Å². The molecule has 0 fully saturated rings. The molecule has 0 saturated heterocycles. The van der Waals surface area contributed by atoms with Crippen molar-refractivity contribution in [2.24, 2.45) is 12.0 Å². The molecule has 0 aliphatic rings. The molecule has 0 saturated carbocycles. The largest absolute Gasteiger partial charge is 0.416 e. The molecule has 8 heteroatoms. The number of benzene rings is 1. The molecular formula is C20H25ClF3N3O. The Kier molecular flexibility index (Phi) is 6.48. The summed E-state index contributed by atoms with van der Waals surface area (Å²) in [7, 11) is 1.89. The Balaban J connectivity index is 2.60. The van der Waals surface area contributed by atoms with Gasteiger partial charge in [-0.05, 0) is 24.6 Å². The minimum absolute atomic E-state index is 0.0613. The first-order valence-corrected chi connectivity index (χ1v) is 9.47. The number of unbranched alkanes of at least 4 members (excludes halogenated alkanes) is 1.